The Labute approximate surface area is 135 Å². The van der Waals surface area contributed by atoms with Gasteiger partial charge in [0.2, 0.25) is 11.5 Å². The van der Waals surface area contributed by atoms with Gasteiger partial charge in [-0.3, -0.25) is 9.17 Å². The first-order chi connectivity index (χ1) is 11.0. The van der Waals surface area contributed by atoms with Gasteiger partial charge in [-0.15, -0.1) is 0 Å². The molecular weight excluding hydrogens is 377 g/mol. The lowest BCUT2D eigenvalue weighted by atomic mass is 10.3. The summed E-state index contributed by atoms with van der Waals surface area (Å²) in [6.45, 7) is 0.677. The Bertz CT molecular complexity index is 961. The molecule has 11 heteroatoms. The van der Waals surface area contributed by atoms with Gasteiger partial charge in [-0.2, -0.15) is 0 Å². The predicted octanol–water partition coefficient (Wildman–Crippen LogP) is 1.60. The molecule has 2 aromatic heterocycles. The van der Waals surface area contributed by atoms with Crippen LogP contribution in [0.15, 0.2) is 36.6 Å². The third-order valence-corrected chi connectivity index (χ3v) is 4.07. The number of nitrogens with zero attached hydrogens (tertiary/aromatic N) is 5. The van der Waals surface area contributed by atoms with E-state index < -0.39 is 16.2 Å². The molecule has 0 amide bonds. The zero-order valence-corrected chi connectivity index (χ0v) is 12.9. The summed E-state index contributed by atoms with van der Waals surface area (Å²) in [4.78, 5) is 12.0. The SMILES string of the molecule is O=c1onc(-c2nonc2[N+]2([O-])CC2)n1-c1ccc(F)c(Br)c1. The molecule has 9 nitrogen and oxygen atoms in total. The number of quaternary nitrogens is 1. The molecule has 4 rings (SSSR count). The second-order valence-corrected chi connectivity index (χ2v) is 5.83. The molecule has 0 unspecified atom stereocenters. The van der Waals surface area contributed by atoms with Crippen molar-refractivity contribution >= 4 is 21.7 Å². The smallest absolute Gasteiger partial charge is 0.446 e. The van der Waals surface area contributed by atoms with Crippen LogP contribution in [0.3, 0.4) is 0 Å². The fourth-order valence-corrected chi connectivity index (χ4v) is 2.51. The van der Waals surface area contributed by atoms with Crippen molar-refractivity contribution in [3.8, 4) is 17.2 Å². The van der Waals surface area contributed by atoms with E-state index in [9.17, 15) is 14.4 Å². The fraction of sp³-hybridized carbons (Fsp3) is 0.167. The maximum absolute atomic E-state index is 13.4. The van der Waals surface area contributed by atoms with E-state index in [1.807, 2.05) is 0 Å². The van der Waals surface area contributed by atoms with Crippen LogP contribution in [0.2, 0.25) is 0 Å². The first-order valence-electron chi connectivity index (χ1n) is 6.45. The van der Waals surface area contributed by atoms with Crippen molar-refractivity contribution in [2.45, 2.75) is 0 Å². The van der Waals surface area contributed by atoms with Crippen LogP contribution in [0.5, 0.6) is 0 Å². The summed E-state index contributed by atoms with van der Waals surface area (Å²) < 4.78 is 23.2. The molecule has 1 aliphatic rings. The maximum Gasteiger partial charge on any atom is 0.446 e. The molecule has 1 saturated heterocycles. The minimum Gasteiger partial charge on any atom is -0.626 e. The molecule has 0 saturated carbocycles. The highest BCUT2D eigenvalue weighted by molar-refractivity contribution is 9.10. The van der Waals surface area contributed by atoms with Gasteiger partial charge in [-0.05, 0) is 39.3 Å². The summed E-state index contributed by atoms with van der Waals surface area (Å²) >= 11 is 3.04. The number of halogens is 2. The zero-order valence-electron chi connectivity index (χ0n) is 11.3. The number of hydrogen-bond donors (Lipinski definition) is 0. The van der Waals surface area contributed by atoms with E-state index in [0.717, 1.165) is 4.57 Å². The third kappa shape index (κ3) is 2.20. The van der Waals surface area contributed by atoms with E-state index in [-0.39, 0.29) is 27.5 Å². The molecule has 1 fully saturated rings. The van der Waals surface area contributed by atoms with E-state index in [0.29, 0.717) is 13.1 Å². The molecule has 0 bridgehead atoms. The lowest BCUT2D eigenvalue weighted by Crippen LogP contribution is -2.19. The summed E-state index contributed by atoms with van der Waals surface area (Å²) in [7, 11) is 0. The van der Waals surface area contributed by atoms with Gasteiger partial charge in [0.05, 0.1) is 10.2 Å². The number of hydrogen-bond acceptors (Lipinski definition) is 7. The fourth-order valence-electron chi connectivity index (χ4n) is 2.15. The van der Waals surface area contributed by atoms with Crippen molar-refractivity contribution in [2.24, 2.45) is 0 Å². The summed E-state index contributed by atoms with van der Waals surface area (Å²) in [6, 6.07) is 3.93. The molecule has 3 heterocycles. The van der Waals surface area contributed by atoms with Crippen LogP contribution in [-0.4, -0.2) is 33.1 Å². The van der Waals surface area contributed by atoms with Crippen molar-refractivity contribution in [3.05, 3.63) is 44.2 Å². The summed E-state index contributed by atoms with van der Waals surface area (Å²) in [6.07, 6.45) is 0. The molecular formula is C12H7BrFN5O4. The Morgan fingerprint density at radius 2 is 2.09 bits per heavy atom. The van der Waals surface area contributed by atoms with Crippen LogP contribution in [0, 0.1) is 11.0 Å². The van der Waals surface area contributed by atoms with Gasteiger partial charge in [0.25, 0.3) is 5.82 Å². The first kappa shape index (κ1) is 14.2. The Morgan fingerprint density at radius 3 is 2.78 bits per heavy atom. The van der Waals surface area contributed by atoms with E-state index >= 15 is 0 Å². The van der Waals surface area contributed by atoms with Gasteiger partial charge >= 0.3 is 5.76 Å². The number of benzene rings is 1. The molecule has 0 aliphatic carbocycles. The molecule has 0 N–H and O–H groups in total. The Kier molecular flexibility index (Phi) is 2.98. The second-order valence-electron chi connectivity index (χ2n) is 4.98. The standard InChI is InChI=1S/C12H7BrFN5O4/c13-7-5-6(1-2-8(7)14)18-10(16-22-12(18)20)9-11(17-23-15-9)19(21)3-4-19/h1-2,5H,3-4H2. The zero-order chi connectivity index (χ0) is 16.2. The summed E-state index contributed by atoms with van der Waals surface area (Å²) in [5, 5.41) is 23.1. The Morgan fingerprint density at radius 1 is 1.30 bits per heavy atom. The van der Waals surface area contributed by atoms with E-state index in [4.69, 9.17) is 0 Å². The highest BCUT2D eigenvalue weighted by Gasteiger charge is 2.43. The highest BCUT2D eigenvalue weighted by Crippen LogP contribution is 2.36. The van der Waals surface area contributed by atoms with Crippen LogP contribution in [0.25, 0.3) is 17.2 Å². The van der Waals surface area contributed by atoms with Crippen LogP contribution >= 0.6 is 15.9 Å². The van der Waals surface area contributed by atoms with Crippen molar-refractivity contribution in [1.29, 1.82) is 0 Å². The van der Waals surface area contributed by atoms with Crippen LogP contribution in [0.4, 0.5) is 10.2 Å². The van der Waals surface area contributed by atoms with E-state index in [1.165, 1.54) is 18.2 Å². The Balaban J connectivity index is 1.91. The van der Waals surface area contributed by atoms with Gasteiger partial charge in [-0.1, -0.05) is 5.16 Å². The van der Waals surface area contributed by atoms with Gasteiger partial charge in [0.1, 0.15) is 18.9 Å². The summed E-state index contributed by atoms with van der Waals surface area (Å²) in [5.74, 6) is -1.31. The maximum atomic E-state index is 13.4. The van der Waals surface area contributed by atoms with E-state index in [2.05, 4.69) is 40.6 Å². The molecule has 1 aromatic carbocycles. The Hall–Kier alpha value is -2.37. The summed E-state index contributed by atoms with van der Waals surface area (Å²) in [5.41, 5.74) is 0.306. The number of aromatic nitrogens is 4. The minimum absolute atomic E-state index is 0.0174. The molecule has 3 aromatic rings. The second kappa shape index (κ2) is 4.81. The van der Waals surface area contributed by atoms with Crippen molar-refractivity contribution in [2.75, 3.05) is 13.1 Å². The average molecular weight is 384 g/mol. The topological polar surface area (TPSA) is 110 Å². The van der Waals surface area contributed by atoms with Crippen LogP contribution in [-0.2, 0) is 0 Å². The van der Waals surface area contributed by atoms with Crippen LogP contribution in [0.1, 0.15) is 0 Å². The molecule has 0 spiro atoms. The van der Waals surface area contributed by atoms with Crippen molar-refractivity contribution in [1.82, 2.24) is 24.7 Å². The highest BCUT2D eigenvalue weighted by atomic mass is 79.9. The number of rotatable bonds is 3. The lowest BCUT2D eigenvalue weighted by molar-refractivity contribution is 0.305. The molecule has 23 heavy (non-hydrogen) atoms. The van der Waals surface area contributed by atoms with Crippen molar-refractivity contribution < 1.29 is 13.5 Å². The quantitative estimate of drug-likeness (QED) is 0.383. The van der Waals surface area contributed by atoms with Gasteiger partial charge < -0.3 is 5.21 Å². The molecule has 0 atom stereocenters. The van der Waals surface area contributed by atoms with Crippen molar-refractivity contribution in [3.63, 3.8) is 0 Å². The van der Waals surface area contributed by atoms with Crippen LogP contribution < -0.4 is 10.4 Å². The average Bonchev–Trinajstić information content (AvgIpc) is 2.96. The monoisotopic (exact) mass is 383 g/mol. The largest absolute Gasteiger partial charge is 0.626 e. The third-order valence-electron chi connectivity index (χ3n) is 3.46. The molecule has 118 valence electrons. The lowest BCUT2D eigenvalue weighted by Gasteiger charge is -2.16. The first-order valence-corrected chi connectivity index (χ1v) is 7.25. The molecule has 0 radical (unpaired) electrons. The normalized spacial score (nSPS) is 15.8. The van der Waals surface area contributed by atoms with Gasteiger partial charge in [0.15, 0.2) is 0 Å². The van der Waals surface area contributed by atoms with E-state index in [1.54, 1.807) is 0 Å². The predicted molar refractivity (Wildman–Crippen MR) is 77.9 cm³/mol. The minimum atomic E-state index is -0.810. The van der Waals surface area contributed by atoms with Gasteiger partial charge in [-0.25, -0.2) is 18.4 Å². The molecule has 1 aliphatic heterocycles. The number of hydroxylamine groups is 2. The van der Waals surface area contributed by atoms with Gasteiger partial charge in [0, 0.05) is 5.16 Å².